The minimum atomic E-state index is -0.214. The summed E-state index contributed by atoms with van der Waals surface area (Å²) in [6.07, 6.45) is 1.69. The smallest absolute Gasteiger partial charge is 0.252 e. The molecule has 0 spiro atoms. The number of nitrogen functional groups attached to an aromatic ring is 1. The first kappa shape index (κ1) is 16.2. The minimum absolute atomic E-state index is 0.120. The highest BCUT2D eigenvalue weighted by molar-refractivity contribution is 7.13. The molecule has 0 saturated heterocycles. The predicted octanol–water partition coefficient (Wildman–Crippen LogP) is 2.93. The van der Waals surface area contributed by atoms with Gasteiger partial charge in [-0.15, -0.1) is 16.4 Å². The van der Waals surface area contributed by atoms with Crippen molar-refractivity contribution in [2.45, 2.75) is 13.0 Å². The number of carbonyl (C=O) groups excluding carboxylic acids is 1. The molecule has 26 heavy (non-hydrogen) atoms. The van der Waals surface area contributed by atoms with E-state index in [4.69, 9.17) is 5.73 Å². The van der Waals surface area contributed by atoms with E-state index in [-0.39, 0.29) is 11.9 Å². The van der Waals surface area contributed by atoms with Crippen LogP contribution in [-0.4, -0.2) is 25.5 Å². The van der Waals surface area contributed by atoms with Crippen molar-refractivity contribution in [3.63, 3.8) is 0 Å². The topological polar surface area (TPSA) is 98.2 Å². The molecular formula is C18H16N6OS. The van der Waals surface area contributed by atoms with E-state index in [0.717, 1.165) is 5.56 Å². The molecule has 0 aliphatic heterocycles. The lowest BCUT2D eigenvalue weighted by Crippen LogP contribution is -2.26. The van der Waals surface area contributed by atoms with Crippen LogP contribution < -0.4 is 11.1 Å². The van der Waals surface area contributed by atoms with Gasteiger partial charge in [0.1, 0.15) is 5.82 Å². The quantitative estimate of drug-likeness (QED) is 0.580. The summed E-state index contributed by atoms with van der Waals surface area (Å²) in [5, 5.41) is 9.90. The predicted molar refractivity (Wildman–Crippen MR) is 101 cm³/mol. The second kappa shape index (κ2) is 6.57. The summed E-state index contributed by atoms with van der Waals surface area (Å²) in [4.78, 5) is 21.3. The maximum atomic E-state index is 12.6. The fraction of sp³-hybridized carbons (Fsp3) is 0.111. The lowest BCUT2D eigenvalue weighted by molar-refractivity contribution is 0.0940. The van der Waals surface area contributed by atoms with Crippen LogP contribution in [0.3, 0.4) is 0 Å². The number of thiazole rings is 1. The summed E-state index contributed by atoms with van der Waals surface area (Å²) in [7, 11) is 0. The van der Waals surface area contributed by atoms with Crippen LogP contribution in [0.4, 0.5) is 5.82 Å². The van der Waals surface area contributed by atoms with E-state index in [0.29, 0.717) is 27.9 Å². The van der Waals surface area contributed by atoms with Crippen LogP contribution in [0.2, 0.25) is 0 Å². The molecule has 1 amide bonds. The van der Waals surface area contributed by atoms with Gasteiger partial charge in [0, 0.05) is 17.1 Å². The molecule has 0 saturated carbocycles. The molecular weight excluding hydrogens is 348 g/mol. The Kier molecular flexibility index (Phi) is 4.10. The van der Waals surface area contributed by atoms with Crippen LogP contribution >= 0.6 is 11.3 Å². The molecule has 4 rings (SSSR count). The van der Waals surface area contributed by atoms with Gasteiger partial charge in [-0.25, -0.2) is 9.97 Å². The van der Waals surface area contributed by atoms with Gasteiger partial charge in [0.05, 0.1) is 6.04 Å². The number of nitrogens with zero attached hydrogens (tertiary/aromatic N) is 4. The Morgan fingerprint density at radius 3 is 2.81 bits per heavy atom. The molecule has 0 aliphatic carbocycles. The van der Waals surface area contributed by atoms with Crippen LogP contribution in [0.25, 0.3) is 16.5 Å². The summed E-state index contributed by atoms with van der Waals surface area (Å²) < 4.78 is 1.51. The maximum absolute atomic E-state index is 12.6. The highest BCUT2D eigenvalue weighted by Gasteiger charge is 2.16. The van der Waals surface area contributed by atoms with E-state index in [1.807, 2.05) is 42.6 Å². The highest BCUT2D eigenvalue weighted by Crippen LogP contribution is 2.21. The van der Waals surface area contributed by atoms with Crippen molar-refractivity contribution in [3.8, 4) is 10.8 Å². The average Bonchev–Trinajstić information content (AvgIpc) is 3.31. The van der Waals surface area contributed by atoms with Crippen molar-refractivity contribution < 1.29 is 4.79 Å². The molecule has 4 aromatic rings. The summed E-state index contributed by atoms with van der Waals surface area (Å²) in [6, 6.07) is 12.9. The van der Waals surface area contributed by atoms with Crippen molar-refractivity contribution in [2.24, 2.45) is 0 Å². The van der Waals surface area contributed by atoms with Crippen molar-refractivity contribution in [1.82, 2.24) is 24.9 Å². The van der Waals surface area contributed by atoms with Gasteiger partial charge in [-0.2, -0.15) is 4.52 Å². The van der Waals surface area contributed by atoms with Crippen molar-refractivity contribution in [2.75, 3.05) is 5.73 Å². The Bertz CT molecular complexity index is 1060. The number of rotatable bonds is 4. The number of hydrogen-bond donors (Lipinski definition) is 2. The average molecular weight is 364 g/mol. The summed E-state index contributed by atoms with van der Waals surface area (Å²) in [5.74, 6) is 0.617. The van der Waals surface area contributed by atoms with Gasteiger partial charge >= 0.3 is 0 Å². The second-order valence-electron chi connectivity index (χ2n) is 5.82. The third-order valence-electron chi connectivity index (χ3n) is 4.00. The normalized spacial score (nSPS) is 12.2. The van der Waals surface area contributed by atoms with Crippen LogP contribution in [0.5, 0.6) is 0 Å². The Morgan fingerprint density at radius 2 is 2.08 bits per heavy atom. The highest BCUT2D eigenvalue weighted by atomic mass is 32.1. The summed E-state index contributed by atoms with van der Waals surface area (Å²) in [6.45, 7) is 1.94. The number of amides is 1. The molecule has 0 fully saturated rings. The number of nitrogens with one attached hydrogen (secondary N) is 1. The molecule has 8 heteroatoms. The molecule has 130 valence electrons. The van der Waals surface area contributed by atoms with Crippen LogP contribution in [-0.2, 0) is 0 Å². The van der Waals surface area contributed by atoms with Gasteiger partial charge < -0.3 is 11.1 Å². The first-order valence-electron chi connectivity index (χ1n) is 8.04. The van der Waals surface area contributed by atoms with Crippen LogP contribution in [0.1, 0.15) is 28.9 Å². The number of nitrogens with two attached hydrogens (primary N) is 1. The van der Waals surface area contributed by atoms with Gasteiger partial charge in [-0.05, 0) is 24.6 Å². The molecule has 0 aliphatic rings. The molecule has 7 nitrogen and oxygen atoms in total. The Balaban J connectivity index is 1.63. The second-order valence-corrected chi connectivity index (χ2v) is 6.71. The van der Waals surface area contributed by atoms with Crippen LogP contribution in [0.15, 0.2) is 54.0 Å². The zero-order valence-electron chi connectivity index (χ0n) is 14.0. The Labute approximate surface area is 153 Å². The van der Waals surface area contributed by atoms with Crippen molar-refractivity contribution in [3.05, 3.63) is 65.2 Å². The largest absolute Gasteiger partial charge is 0.384 e. The molecule has 3 heterocycles. The molecule has 1 aromatic carbocycles. The number of pyridine rings is 1. The van der Waals surface area contributed by atoms with E-state index >= 15 is 0 Å². The van der Waals surface area contributed by atoms with E-state index in [9.17, 15) is 4.79 Å². The minimum Gasteiger partial charge on any atom is -0.384 e. The number of carbonyl (C=O) groups is 1. The number of benzene rings is 1. The van der Waals surface area contributed by atoms with Crippen molar-refractivity contribution >= 4 is 28.7 Å². The van der Waals surface area contributed by atoms with E-state index < -0.39 is 0 Å². The molecule has 1 unspecified atom stereocenters. The van der Waals surface area contributed by atoms with Gasteiger partial charge in [-0.1, -0.05) is 30.3 Å². The molecule has 3 N–H and O–H groups in total. The van der Waals surface area contributed by atoms with Gasteiger partial charge in [0.25, 0.3) is 5.91 Å². The fourth-order valence-electron chi connectivity index (χ4n) is 2.67. The van der Waals surface area contributed by atoms with Gasteiger partial charge in [0.2, 0.25) is 5.82 Å². The number of anilines is 1. The number of hydrogen-bond acceptors (Lipinski definition) is 6. The lowest BCUT2D eigenvalue weighted by Gasteiger charge is -2.14. The number of aromatic nitrogens is 4. The van der Waals surface area contributed by atoms with Gasteiger partial charge in [0.15, 0.2) is 10.7 Å². The van der Waals surface area contributed by atoms with Crippen molar-refractivity contribution in [1.29, 1.82) is 0 Å². The first-order valence-corrected chi connectivity index (χ1v) is 8.92. The van der Waals surface area contributed by atoms with E-state index in [2.05, 4.69) is 20.4 Å². The van der Waals surface area contributed by atoms with E-state index in [1.165, 1.54) is 15.9 Å². The molecule has 3 aromatic heterocycles. The zero-order chi connectivity index (χ0) is 18.1. The third kappa shape index (κ3) is 3.02. The van der Waals surface area contributed by atoms with Gasteiger partial charge in [-0.3, -0.25) is 4.79 Å². The first-order chi connectivity index (χ1) is 12.6. The standard InChI is InChI=1S/C18H16N6OS/c1-11(12-5-3-2-4-6-12)21-17(25)13-9-14(19)24-15(10-13)22-16(23-24)18-20-7-8-26-18/h2-11H,19H2,1H3,(H,21,25). The fourth-order valence-corrected chi connectivity index (χ4v) is 3.23. The van der Waals surface area contributed by atoms with Crippen LogP contribution in [0, 0.1) is 0 Å². The zero-order valence-corrected chi connectivity index (χ0v) is 14.8. The maximum Gasteiger partial charge on any atom is 0.252 e. The molecule has 0 bridgehead atoms. The third-order valence-corrected chi connectivity index (χ3v) is 4.77. The summed E-state index contributed by atoms with van der Waals surface area (Å²) in [5.41, 5.74) is 8.05. The lowest BCUT2D eigenvalue weighted by atomic mass is 10.1. The number of fused-ring (bicyclic) bond motifs is 1. The molecule has 1 atom stereocenters. The van der Waals surface area contributed by atoms with E-state index in [1.54, 1.807) is 18.3 Å². The monoisotopic (exact) mass is 364 g/mol. The Morgan fingerprint density at radius 1 is 1.27 bits per heavy atom. The SMILES string of the molecule is CC(NC(=O)c1cc(N)n2nc(-c3nccs3)nc2c1)c1ccccc1. The molecule has 0 radical (unpaired) electrons. The summed E-state index contributed by atoms with van der Waals surface area (Å²) >= 11 is 1.44. The Hall–Kier alpha value is -3.26.